The average Bonchev–Trinajstić information content (AvgIpc) is 3.21. The van der Waals surface area contributed by atoms with Crippen LogP contribution in [0.15, 0.2) is 108 Å². The number of aromatic nitrogens is 1. The van der Waals surface area contributed by atoms with Gasteiger partial charge in [-0.15, -0.1) is 0 Å². The zero-order valence-electron chi connectivity index (χ0n) is 30.3. The lowest BCUT2D eigenvalue weighted by atomic mass is 9.94. The number of benzene rings is 5. The molecule has 0 radical (unpaired) electrons. The van der Waals surface area contributed by atoms with Crippen LogP contribution in [-0.4, -0.2) is 11.6 Å². The third-order valence-corrected chi connectivity index (χ3v) is 9.71. The summed E-state index contributed by atoms with van der Waals surface area (Å²) in [6, 6.07) is 32.3. The van der Waals surface area contributed by atoms with Crippen molar-refractivity contribution in [2.75, 3.05) is 6.61 Å². The first-order valence-corrected chi connectivity index (χ1v) is 18.6. The molecule has 0 saturated heterocycles. The molecular weight excluding hydrogens is 689 g/mol. The summed E-state index contributed by atoms with van der Waals surface area (Å²) in [6.07, 6.45) is 12.9. The van der Waals surface area contributed by atoms with E-state index in [2.05, 4.69) is 34.1 Å². The molecule has 6 aromatic rings. The van der Waals surface area contributed by atoms with E-state index in [0.29, 0.717) is 22.0 Å². The molecular formula is C45H42F4N4O. The number of unbranched alkanes of at least 4 members (excludes halogenated alkanes) is 9. The van der Waals surface area contributed by atoms with Gasteiger partial charge in [-0.1, -0.05) is 143 Å². The van der Waals surface area contributed by atoms with Crippen molar-refractivity contribution < 1.29 is 22.3 Å². The molecule has 0 amide bonds. The van der Waals surface area contributed by atoms with Crippen molar-refractivity contribution >= 4 is 16.6 Å². The maximum absolute atomic E-state index is 15.2. The molecule has 9 heteroatoms. The molecule has 0 aliphatic carbocycles. The summed E-state index contributed by atoms with van der Waals surface area (Å²) in [7, 11) is 0. The highest BCUT2D eigenvalue weighted by Gasteiger charge is 2.27. The van der Waals surface area contributed by atoms with E-state index in [1.54, 1.807) is 6.07 Å². The Morgan fingerprint density at radius 3 is 1.72 bits per heavy atom. The fourth-order valence-electron chi connectivity index (χ4n) is 6.75. The second kappa shape index (κ2) is 18.4. The maximum Gasteiger partial charge on any atom is 0.172 e. The summed E-state index contributed by atoms with van der Waals surface area (Å²) in [6.45, 7) is 2.97. The molecule has 1 heterocycles. The lowest BCUT2D eigenvalue weighted by Gasteiger charge is -2.14. The van der Waals surface area contributed by atoms with Crippen LogP contribution in [0.25, 0.3) is 66.0 Å². The van der Waals surface area contributed by atoms with Crippen LogP contribution >= 0.6 is 0 Å². The van der Waals surface area contributed by atoms with Gasteiger partial charge in [0.1, 0.15) is 11.4 Å². The molecule has 54 heavy (non-hydrogen) atoms. The Balaban J connectivity index is 1.17. The summed E-state index contributed by atoms with van der Waals surface area (Å²) < 4.78 is 66.0. The van der Waals surface area contributed by atoms with Crippen molar-refractivity contribution in [3.63, 3.8) is 0 Å². The Morgan fingerprint density at radius 2 is 1.13 bits per heavy atom. The zero-order valence-corrected chi connectivity index (χ0v) is 30.3. The molecule has 0 aliphatic heterocycles. The second-order valence-electron chi connectivity index (χ2n) is 13.5. The minimum absolute atomic E-state index is 0.311. The molecule has 5 nitrogen and oxygen atoms in total. The van der Waals surface area contributed by atoms with Gasteiger partial charge in [-0.3, -0.25) is 0 Å². The second-order valence-corrected chi connectivity index (χ2v) is 13.5. The topological polar surface area (TPSA) is 70.9 Å². The van der Waals surface area contributed by atoms with Crippen molar-refractivity contribution in [3.8, 4) is 50.4 Å². The van der Waals surface area contributed by atoms with Crippen molar-refractivity contribution in [1.29, 1.82) is 0 Å². The molecule has 1 aromatic heterocycles. The summed E-state index contributed by atoms with van der Waals surface area (Å²) in [5.41, 5.74) is 11.5. The van der Waals surface area contributed by atoms with E-state index < -0.39 is 34.5 Å². The Kier molecular flexibility index (Phi) is 13.0. The predicted octanol–water partition coefficient (Wildman–Crippen LogP) is 14.7. The number of pyridine rings is 1. The molecule has 6 rings (SSSR count). The lowest BCUT2D eigenvalue weighted by Crippen LogP contribution is -2.02. The predicted molar refractivity (Wildman–Crippen MR) is 209 cm³/mol. The van der Waals surface area contributed by atoms with Crippen LogP contribution in [0.2, 0.25) is 0 Å². The number of nitrogens with zero attached hydrogens (tertiary/aromatic N) is 4. The van der Waals surface area contributed by atoms with Crippen LogP contribution in [0.5, 0.6) is 5.75 Å². The average molecular weight is 731 g/mol. The van der Waals surface area contributed by atoms with Gasteiger partial charge in [0.15, 0.2) is 23.3 Å². The van der Waals surface area contributed by atoms with Gasteiger partial charge < -0.3 is 4.74 Å². The molecule has 0 unspecified atom stereocenters. The van der Waals surface area contributed by atoms with Crippen LogP contribution in [0.1, 0.15) is 71.1 Å². The monoisotopic (exact) mass is 730 g/mol. The summed E-state index contributed by atoms with van der Waals surface area (Å²) in [5, 5.41) is 3.47. The first-order chi connectivity index (χ1) is 26.4. The molecule has 0 atom stereocenters. The Morgan fingerprint density at radius 1 is 0.593 bits per heavy atom. The standard InChI is InChI=1S/C45H42F4N4O/c1-2-3-4-5-6-7-8-9-10-14-27-54-35-24-21-31(22-25-35)30-17-19-32(20-18-30)34-23-26-38-37(28-34)36(33-15-12-11-13-16-33)29-39(51-38)40-41(46)43(48)45(52-53-50)44(49)42(40)47/h11-13,15-26,28-29H,2-10,14,27H2,1H3. The highest BCUT2D eigenvalue weighted by atomic mass is 19.2. The Bertz CT molecular complexity index is 2210. The number of hydrogen-bond donors (Lipinski definition) is 0. The van der Waals surface area contributed by atoms with E-state index in [-0.39, 0.29) is 5.69 Å². The number of halogens is 4. The number of ether oxygens (including phenoxy) is 1. The van der Waals surface area contributed by atoms with E-state index in [1.165, 1.54) is 63.9 Å². The minimum Gasteiger partial charge on any atom is -0.494 e. The Labute approximate surface area is 313 Å². The quantitative estimate of drug-likeness (QED) is 0.0234. The van der Waals surface area contributed by atoms with Crippen molar-refractivity contribution in [2.45, 2.75) is 71.1 Å². The van der Waals surface area contributed by atoms with Crippen molar-refractivity contribution in [2.24, 2.45) is 5.11 Å². The largest absolute Gasteiger partial charge is 0.494 e. The molecule has 0 aliphatic rings. The molecule has 0 saturated carbocycles. The van der Waals surface area contributed by atoms with E-state index in [0.717, 1.165) is 41.0 Å². The molecule has 0 bridgehead atoms. The minimum atomic E-state index is -1.80. The van der Waals surface area contributed by atoms with E-state index in [9.17, 15) is 8.78 Å². The summed E-state index contributed by atoms with van der Waals surface area (Å²) in [5.74, 6) is -6.14. The number of rotatable bonds is 17. The van der Waals surface area contributed by atoms with E-state index in [4.69, 9.17) is 10.3 Å². The molecule has 276 valence electrons. The van der Waals surface area contributed by atoms with E-state index >= 15 is 8.78 Å². The van der Waals surface area contributed by atoms with Crippen LogP contribution in [-0.2, 0) is 0 Å². The van der Waals surface area contributed by atoms with Gasteiger partial charge in [-0.2, -0.15) is 0 Å². The van der Waals surface area contributed by atoms with Crippen LogP contribution in [0, 0.1) is 23.3 Å². The Hall–Kier alpha value is -5.66. The van der Waals surface area contributed by atoms with Crippen molar-refractivity contribution in [3.05, 3.63) is 137 Å². The van der Waals surface area contributed by atoms with Gasteiger partial charge in [-0.25, -0.2) is 22.5 Å². The van der Waals surface area contributed by atoms with Gasteiger partial charge in [0.25, 0.3) is 0 Å². The number of azide groups is 1. The molecule has 0 spiro atoms. The third kappa shape index (κ3) is 8.92. The molecule has 0 N–H and O–H groups in total. The van der Waals surface area contributed by atoms with Crippen LogP contribution < -0.4 is 4.74 Å². The smallest absolute Gasteiger partial charge is 0.172 e. The summed E-state index contributed by atoms with van der Waals surface area (Å²) >= 11 is 0. The van der Waals surface area contributed by atoms with E-state index in [1.807, 2.05) is 78.9 Å². The highest BCUT2D eigenvalue weighted by molar-refractivity contribution is 5.99. The number of hydrogen-bond acceptors (Lipinski definition) is 3. The first-order valence-electron chi connectivity index (χ1n) is 18.6. The molecule has 0 fully saturated rings. The van der Waals surface area contributed by atoms with Gasteiger partial charge in [0, 0.05) is 10.3 Å². The highest BCUT2D eigenvalue weighted by Crippen LogP contribution is 2.40. The zero-order chi connectivity index (χ0) is 37.9. The normalized spacial score (nSPS) is 11.1. The SMILES string of the molecule is CCCCCCCCCCCCOc1ccc(-c2ccc(-c3ccc4nc(-c5c(F)c(F)c(N=[N+]=[N-])c(F)c5F)cc(-c5ccccc5)c4c3)cc2)cc1. The van der Waals surface area contributed by atoms with Gasteiger partial charge in [0.2, 0.25) is 0 Å². The number of fused-ring (bicyclic) bond motifs is 1. The maximum atomic E-state index is 15.2. The lowest BCUT2D eigenvalue weighted by molar-refractivity contribution is 0.304. The fourth-order valence-corrected chi connectivity index (χ4v) is 6.75. The fraction of sp³-hybridized carbons (Fsp3) is 0.267. The van der Waals surface area contributed by atoms with Gasteiger partial charge >= 0.3 is 0 Å². The van der Waals surface area contributed by atoms with Crippen molar-refractivity contribution in [1.82, 2.24) is 4.98 Å². The van der Waals surface area contributed by atoms with Crippen LogP contribution in [0.4, 0.5) is 23.2 Å². The van der Waals surface area contributed by atoms with Gasteiger partial charge in [-0.05, 0) is 75.7 Å². The molecule has 5 aromatic carbocycles. The van der Waals surface area contributed by atoms with Gasteiger partial charge in [0.05, 0.1) is 23.4 Å². The third-order valence-electron chi connectivity index (χ3n) is 9.71. The first kappa shape index (κ1) is 38.1. The summed E-state index contributed by atoms with van der Waals surface area (Å²) in [4.78, 5) is 6.71. The van der Waals surface area contributed by atoms with Crippen LogP contribution in [0.3, 0.4) is 0 Å².